The number of hydrogen-bond acceptors (Lipinski definition) is 3. The highest BCUT2D eigenvalue weighted by Gasteiger charge is 2.26. The Labute approximate surface area is 111 Å². The highest BCUT2D eigenvalue weighted by atomic mass is 16.2. The third-order valence-electron chi connectivity index (χ3n) is 3.44. The zero-order valence-corrected chi connectivity index (χ0v) is 10.6. The van der Waals surface area contributed by atoms with E-state index >= 15 is 0 Å². The second-order valence-electron chi connectivity index (χ2n) is 4.67. The van der Waals surface area contributed by atoms with Crippen LogP contribution in [0.2, 0.25) is 0 Å². The summed E-state index contributed by atoms with van der Waals surface area (Å²) in [6.45, 7) is 1.33. The summed E-state index contributed by atoms with van der Waals surface area (Å²) < 4.78 is 1.77. The van der Waals surface area contributed by atoms with E-state index in [1.807, 2.05) is 30.5 Å². The summed E-state index contributed by atoms with van der Waals surface area (Å²) in [5.74, 6) is 0.104. The minimum absolute atomic E-state index is 0.104. The molecule has 1 amide bonds. The van der Waals surface area contributed by atoms with Gasteiger partial charge in [-0.1, -0.05) is 12.1 Å². The van der Waals surface area contributed by atoms with Crippen molar-refractivity contribution in [2.75, 3.05) is 17.2 Å². The van der Waals surface area contributed by atoms with Gasteiger partial charge in [-0.15, -0.1) is 0 Å². The van der Waals surface area contributed by atoms with Crippen molar-refractivity contribution in [3.63, 3.8) is 0 Å². The van der Waals surface area contributed by atoms with Gasteiger partial charge in [-0.2, -0.15) is 5.10 Å². The van der Waals surface area contributed by atoms with Crippen LogP contribution in [0.15, 0.2) is 36.7 Å². The van der Waals surface area contributed by atoms with Crippen LogP contribution < -0.4 is 10.6 Å². The van der Waals surface area contributed by atoms with E-state index in [4.69, 9.17) is 5.73 Å². The molecule has 0 atom stereocenters. The lowest BCUT2D eigenvalue weighted by atomic mass is 10.1. The number of anilines is 2. The van der Waals surface area contributed by atoms with Crippen LogP contribution in [0.25, 0.3) is 0 Å². The molecule has 98 valence electrons. The fraction of sp³-hybridized carbons (Fsp3) is 0.286. The molecule has 19 heavy (non-hydrogen) atoms. The van der Waals surface area contributed by atoms with Gasteiger partial charge in [-0.25, -0.2) is 0 Å². The van der Waals surface area contributed by atoms with E-state index in [1.54, 1.807) is 15.8 Å². The number of aryl methyl sites for hydroxylation is 1. The summed E-state index contributed by atoms with van der Waals surface area (Å²) in [6.07, 6.45) is 4.90. The van der Waals surface area contributed by atoms with Gasteiger partial charge in [0.1, 0.15) is 0 Å². The van der Waals surface area contributed by atoms with Gasteiger partial charge in [0.25, 0.3) is 0 Å². The Morgan fingerprint density at radius 3 is 3.05 bits per heavy atom. The van der Waals surface area contributed by atoms with Crippen LogP contribution in [-0.4, -0.2) is 22.2 Å². The average molecular weight is 256 g/mol. The third kappa shape index (κ3) is 2.19. The Kier molecular flexibility index (Phi) is 2.95. The largest absolute Gasteiger partial charge is 0.397 e. The van der Waals surface area contributed by atoms with E-state index < -0.39 is 0 Å². The van der Waals surface area contributed by atoms with E-state index in [0.29, 0.717) is 18.7 Å². The predicted molar refractivity (Wildman–Crippen MR) is 73.8 cm³/mol. The number of nitrogen functional groups attached to an aromatic ring is 1. The molecule has 0 aliphatic carbocycles. The van der Waals surface area contributed by atoms with Gasteiger partial charge in [-0.05, 0) is 24.1 Å². The zero-order valence-electron chi connectivity index (χ0n) is 10.6. The van der Waals surface area contributed by atoms with Crippen molar-refractivity contribution in [1.82, 2.24) is 9.78 Å². The van der Waals surface area contributed by atoms with Crippen molar-refractivity contribution in [2.24, 2.45) is 0 Å². The van der Waals surface area contributed by atoms with Gasteiger partial charge in [-0.3, -0.25) is 9.48 Å². The van der Waals surface area contributed by atoms with E-state index in [-0.39, 0.29) is 5.91 Å². The van der Waals surface area contributed by atoms with Crippen molar-refractivity contribution >= 4 is 17.3 Å². The summed E-state index contributed by atoms with van der Waals surface area (Å²) in [4.78, 5) is 14.1. The minimum atomic E-state index is 0.104. The molecule has 1 aromatic heterocycles. The lowest BCUT2D eigenvalue weighted by Gasteiger charge is -2.19. The van der Waals surface area contributed by atoms with Crippen LogP contribution in [0.3, 0.4) is 0 Å². The van der Waals surface area contributed by atoms with E-state index in [2.05, 4.69) is 5.10 Å². The SMILES string of the molecule is Nc1cccc2c1N(C(=O)CCn1cccn1)CC2. The van der Waals surface area contributed by atoms with Gasteiger partial charge < -0.3 is 10.6 Å². The molecule has 5 heteroatoms. The van der Waals surface area contributed by atoms with E-state index in [1.165, 1.54) is 0 Å². The third-order valence-corrected chi connectivity index (χ3v) is 3.44. The molecule has 0 saturated carbocycles. The highest BCUT2D eigenvalue weighted by molar-refractivity contribution is 5.98. The molecule has 1 aromatic carbocycles. The highest BCUT2D eigenvalue weighted by Crippen LogP contribution is 2.33. The van der Waals surface area contributed by atoms with Crippen molar-refractivity contribution in [3.8, 4) is 0 Å². The molecule has 2 heterocycles. The van der Waals surface area contributed by atoms with Gasteiger partial charge in [0.15, 0.2) is 0 Å². The first kappa shape index (κ1) is 11.8. The molecule has 0 bridgehead atoms. The summed E-state index contributed by atoms with van der Waals surface area (Å²) in [5, 5.41) is 4.10. The van der Waals surface area contributed by atoms with Gasteiger partial charge in [0, 0.05) is 31.9 Å². The molecule has 0 saturated heterocycles. The molecule has 0 spiro atoms. The molecule has 0 fully saturated rings. The van der Waals surface area contributed by atoms with Crippen LogP contribution in [-0.2, 0) is 17.8 Å². The molecule has 0 unspecified atom stereocenters. The molecule has 5 nitrogen and oxygen atoms in total. The monoisotopic (exact) mass is 256 g/mol. The molecule has 2 aromatic rings. The average Bonchev–Trinajstić information content (AvgIpc) is 3.05. The molecule has 3 rings (SSSR count). The Morgan fingerprint density at radius 2 is 2.26 bits per heavy atom. The van der Waals surface area contributed by atoms with Gasteiger partial charge in [0.2, 0.25) is 5.91 Å². The maximum Gasteiger partial charge on any atom is 0.228 e. The number of hydrogen-bond donors (Lipinski definition) is 1. The smallest absolute Gasteiger partial charge is 0.228 e. The number of fused-ring (bicyclic) bond motifs is 1. The van der Waals surface area contributed by atoms with Gasteiger partial charge >= 0.3 is 0 Å². The summed E-state index contributed by atoms with van der Waals surface area (Å²) in [7, 11) is 0. The number of aromatic nitrogens is 2. The number of para-hydroxylation sites is 1. The number of nitrogens with two attached hydrogens (primary N) is 1. The predicted octanol–water partition coefficient (Wildman–Crippen LogP) is 1.44. The number of nitrogens with zero attached hydrogens (tertiary/aromatic N) is 3. The summed E-state index contributed by atoms with van der Waals surface area (Å²) >= 11 is 0. The Bertz CT molecular complexity index is 591. The van der Waals surface area contributed by atoms with E-state index in [9.17, 15) is 4.79 Å². The Hall–Kier alpha value is -2.30. The van der Waals surface area contributed by atoms with Crippen molar-refractivity contribution in [1.29, 1.82) is 0 Å². The first-order valence-corrected chi connectivity index (χ1v) is 6.41. The van der Waals surface area contributed by atoms with Crippen molar-refractivity contribution < 1.29 is 4.79 Å². The summed E-state index contributed by atoms with van der Waals surface area (Å²) in [6, 6.07) is 7.67. The fourth-order valence-electron chi connectivity index (χ4n) is 2.51. The number of carbonyl (C=O) groups is 1. The number of rotatable bonds is 3. The van der Waals surface area contributed by atoms with Crippen LogP contribution >= 0.6 is 0 Å². The minimum Gasteiger partial charge on any atom is -0.397 e. The topological polar surface area (TPSA) is 64.2 Å². The zero-order chi connectivity index (χ0) is 13.2. The van der Waals surface area contributed by atoms with Crippen LogP contribution in [0.4, 0.5) is 11.4 Å². The van der Waals surface area contributed by atoms with Crippen LogP contribution in [0, 0.1) is 0 Å². The molecule has 1 aliphatic heterocycles. The molecule has 1 aliphatic rings. The molecular formula is C14H16N4O. The summed E-state index contributed by atoms with van der Waals surface area (Å²) in [5.41, 5.74) is 8.72. The quantitative estimate of drug-likeness (QED) is 0.845. The normalized spacial score (nSPS) is 13.6. The standard InChI is InChI=1S/C14H16N4O/c15-12-4-1-3-11-5-10-18(14(11)12)13(19)6-9-17-8-2-7-16-17/h1-4,7-8H,5-6,9-10,15H2. The van der Waals surface area contributed by atoms with Crippen LogP contribution in [0.5, 0.6) is 0 Å². The fourth-order valence-corrected chi connectivity index (χ4v) is 2.51. The first-order chi connectivity index (χ1) is 9.25. The molecular weight excluding hydrogens is 240 g/mol. The number of benzene rings is 1. The Balaban J connectivity index is 1.73. The van der Waals surface area contributed by atoms with Crippen LogP contribution in [0.1, 0.15) is 12.0 Å². The second kappa shape index (κ2) is 4.76. The van der Waals surface area contributed by atoms with E-state index in [0.717, 1.165) is 24.2 Å². The lowest BCUT2D eigenvalue weighted by Crippen LogP contribution is -2.30. The van der Waals surface area contributed by atoms with Gasteiger partial charge in [0.05, 0.1) is 11.4 Å². The van der Waals surface area contributed by atoms with Crippen molar-refractivity contribution in [3.05, 3.63) is 42.2 Å². The second-order valence-corrected chi connectivity index (χ2v) is 4.67. The molecule has 0 radical (unpaired) electrons. The maximum atomic E-state index is 12.3. The number of carbonyl (C=O) groups excluding carboxylic acids is 1. The maximum absolute atomic E-state index is 12.3. The molecule has 2 N–H and O–H groups in total. The Morgan fingerprint density at radius 1 is 1.37 bits per heavy atom. The lowest BCUT2D eigenvalue weighted by molar-refractivity contribution is -0.118. The first-order valence-electron chi connectivity index (χ1n) is 6.41. The van der Waals surface area contributed by atoms with Crippen molar-refractivity contribution in [2.45, 2.75) is 19.4 Å². The number of amides is 1.